The van der Waals surface area contributed by atoms with Crippen molar-refractivity contribution in [3.05, 3.63) is 12.2 Å². The second-order valence-corrected chi connectivity index (χ2v) is 5.34. The van der Waals surface area contributed by atoms with Gasteiger partial charge in [0.1, 0.15) is 0 Å². The van der Waals surface area contributed by atoms with Crippen LogP contribution in [0.25, 0.3) is 0 Å². The number of rotatable bonds is 3. The van der Waals surface area contributed by atoms with E-state index >= 15 is 0 Å². The van der Waals surface area contributed by atoms with E-state index < -0.39 is 5.97 Å². The number of likely N-dealkylation sites (tertiary alicyclic amines) is 1. The van der Waals surface area contributed by atoms with Gasteiger partial charge in [-0.2, -0.15) is 0 Å². The standard InChI is InChI=1S/C13H19NO3/c15-13(16)12-9(10-4-5-11(12)17-10)8-14-6-2-1-3-7-14/h4-5,9-12H,1-3,6-8H2,(H,15,16)/t9?,10-,11+,12?/m0/s1. The van der Waals surface area contributed by atoms with Gasteiger partial charge >= 0.3 is 5.97 Å². The van der Waals surface area contributed by atoms with Crippen molar-refractivity contribution in [2.45, 2.75) is 31.5 Å². The third-order valence-corrected chi connectivity index (χ3v) is 4.24. The zero-order valence-electron chi connectivity index (χ0n) is 9.92. The van der Waals surface area contributed by atoms with Crippen LogP contribution in [-0.2, 0) is 9.53 Å². The molecule has 3 rings (SSSR count). The van der Waals surface area contributed by atoms with Crippen LogP contribution in [0.15, 0.2) is 12.2 Å². The number of fused-ring (bicyclic) bond motifs is 2. The van der Waals surface area contributed by atoms with Crippen LogP contribution in [0.4, 0.5) is 0 Å². The lowest BCUT2D eigenvalue weighted by molar-refractivity contribution is -0.144. The molecule has 3 heterocycles. The quantitative estimate of drug-likeness (QED) is 0.747. The van der Waals surface area contributed by atoms with Gasteiger partial charge in [0.2, 0.25) is 0 Å². The maximum atomic E-state index is 11.3. The van der Waals surface area contributed by atoms with Crippen LogP contribution in [0.5, 0.6) is 0 Å². The molecule has 4 heteroatoms. The summed E-state index contributed by atoms with van der Waals surface area (Å²) in [6.07, 6.45) is 7.60. The van der Waals surface area contributed by atoms with Crippen LogP contribution in [0.1, 0.15) is 19.3 Å². The number of hydrogen-bond acceptors (Lipinski definition) is 3. The molecule has 3 aliphatic rings. The molecule has 0 aliphatic carbocycles. The summed E-state index contributed by atoms with van der Waals surface area (Å²) in [4.78, 5) is 13.7. The Morgan fingerprint density at radius 1 is 1.24 bits per heavy atom. The van der Waals surface area contributed by atoms with E-state index in [4.69, 9.17) is 4.74 Å². The van der Waals surface area contributed by atoms with E-state index in [0.29, 0.717) is 0 Å². The van der Waals surface area contributed by atoms with Gasteiger partial charge in [-0.3, -0.25) is 4.79 Å². The van der Waals surface area contributed by atoms with Crippen molar-refractivity contribution in [1.29, 1.82) is 0 Å². The number of aliphatic carboxylic acids is 1. The summed E-state index contributed by atoms with van der Waals surface area (Å²) in [5, 5.41) is 9.30. The zero-order valence-corrected chi connectivity index (χ0v) is 9.92. The van der Waals surface area contributed by atoms with Gasteiger partial charge in [0, 0.05) is 12.5 Å². The molecule has 0 aromatic rings. The van der Waals surface area contributed by atoms with Gasteiger partial charge in [-0.25, -0.2) is 0 Å². The average molecular weight is 237 g/mol. The molecule has 17 heavy (non-hydrogen) atoms. The third-order valence-electron chi connectivity index (χ3n) is 4.24. The van der Waals surface area contributed by atoms with Crippen LogP contribution in [-0.4, -0.2) is 47.8 Å². The van der Waals surface area contributed by atoms with Crippen LogP contribution >= 0.6 is 0 Å². The van der Waals surface area contributed by atoms with Crippen molar-refractivity contribution >= 4 is 5.97 Å². The molecule has 4 atom stereocenters. The predicted octanol–water partition coefficient (Wildman–Crippen LogP) is 1.13. The fourth-order valence-electron chi connectivity index (χ4n) is 3.37. The summed E-state index contributed by atoms with van der Waals surface area (Å²) in [7, 11) is 0. The van der Waals surface area contributed by atoms with Crippen LogP contribution in [0.2, 0.25) is 0 Å². The highest BCUT2D eigenvalue weighted by molar-refractivity contribution is 5.72. The first-order valence-electron chi connectivity index (χ1n) is 6.54. The molecule has 2 bridgehead atoms. The largest absolute Gasteiger partial charge is 0.481 e. The Bertz CT molecular complexity index is 336. The Hall–Kier alpha value is -0.870. The number of ether oxygens (including phenoxy) is 1. The van der Waals surface area contributed by atoms with Gasteiger partial charge in [0.15, 0.2) is 0 Å². The van der Waals surface area contributed by atoms with Crippen LogP contribution in [0.3, 0.4) is 0 Å². The van der Waals surface area contributed by atoms with E-state index in [0.717, 1.165) is 19.6 Å². The first-order chi connectivity index (χ1) is 8.25. The third kappa shape index (κ3) is 2.00. The lowest BCUT2D eigenvalue weighted by atomic mass is 9.82. The van der Waals surface area contributed by atoms with E-state index in [1.807, 2.05) is 12.2 Å². The zero-order chi connectivity index (χ0) is 11.8. The second kappa shape index (κ2) is 4.42. The number of carboxylic acids is 1. The minimum atomic E-state index is -0.705. The molecule has 0 aromatic heterocycles. The molecule has 0 amide bonds. The fourth-order valence-corrected chi connectivity index (χ4v) is 3.37. The molecular formula is C13H19NO3. The van der Waals surface area contributed by atoms with E-state index in [9.17, 15) is 9.90 Å². The molecule has 0 aromatic carbocycles. The van der Waals surface area contributed by atoms with Gasteiger partial charge in [-0.15, -0.1) is 0 Å². The average Bonchev–Trinajstić information content (AvgIpc) is 2.90. The van der Waals surface area contributed by atoms with Gasteiger partial charge in [-0.05, 0) is 25.9 Å². The number of nitrogens with zero attached hydrogens (tertiary/aromatic N) is 1. The summed E-state index contributed by atoms with van der Waals surface area (Å²) >= 11 is 0. The normalized spacial score (nSPS) is 40.9. The maximum absolute atomic E-state index is 11.3. The molecule has 2 fully saturated rings. The Kier molecular flexibility index (Phi) is 2.92. The summed E-state index contributed by atoms with van der Waals surface area (Å²) in [6.45, 7) is 3.11. The molecule has 0 radical (unpaired) electrons. The summed E-state index contributed by atoms with van der Waals surface area (Å²) in [5.41, 5.74) is 0. The van der Waals surface area contributed by atoms with Crippen molar-refractivity contribution in [2.24, 2.45) is 11.8 Å². The molecule has 3 aliphatic heterocycles. The molecule has 0 spiro atoms. The fraction of sp³-hybridized carbons (Fsp3) is 0.769. The first-order valence-corrected chi connectivity index (χ1v) is 6.54. The van der Waals surface area contributed by atoms with E-state index in [1.54, 1.807) is 0 Å². The molecular weight excluding hydrogens is 218 g/mol. The van der Waals surface area contributed by atoms with Crippen LogP contribution < -0.4 is 0 Å². The SMILES string of the molecule is O=C(O)C1C(CN2CCCCC2)[C@@H]2C=C[C@H]1O2. The highest BCUT2D eigenvalue weighted by atomic mass is 16.5. The topological polar surface area (TPSA) is 49.8 Å². The van der Waals surface area contributed by atoms with Gasteiger partial charge in [0.25, 0.3) is 0 Å². The lowest BCUT2D eigenvalue weighted by Crippen LogP contribution is -2.41. The highest BCUT2D eigenvalue weighted by Crippen LogP contribution is 2.39. The highest BCUT2D eigenvalue weighted by Gasteiger charge is 2.49. The summed E-state index contributed by atoms with van der Waals surface area (Å²) < 4.78 is 5.68. The molecule has 4 nitrogen and oxygen atoms in total. The first kappa shape index (κ1) is 11.2. The molecule has 2 saturated heterocycles. The van der Waals surface area contributed by atoms with Gasteiger partial charge in [-0.1, -0.05) is 18.6 Å². The van der Waals surface area contributed by atoms with Crippen molar-refractivity contribution in [1.82, 2.24) is 4.90 Å². The van der Waals surface area contributed by atoms with E-state index in [-0.39, 0.29) is 24.0 Å². The Morgan fingerprint density at radius 2 is 1.94 bits per heavy atom. The Balaban J connectivity index is 1.68. The molecule has 0 saturated carbocycles. The molecule has 94 valence electrons. The smallest absolute Gasteiger partial charge is 0.309 e. The number of piperidine rings is 1. The summed E-state index contributed by atoms with van der Waals surface area (Å²) in [6, 6.07) is 0. The van der Waals surface area contributed by atoms with Crippen molar-refractivity contribution in [3.8, 4) is 0 Å². The van der Waals surface area contributed by atoms with E-state index in [2.05, 4.69) is 4.90 Å². The minimum Gasteiger partial charge on any atom is -0.481 e. The van der Waals surface area contributed by atoms with Crippen molar-refractivity contribution < 1.29 is 14.6 Å². The van der Waals surface area contributed by atoms with Gasteiger partial charge < -0.3 is 14.7 Å². The minimum absolute atomic E-state index is 0.0306. The number of carboxylic acid groups (broad SMARTS) is 1. The number of carbonyl (C=O) groups is 1. The monoisotopic (exact) mass is 237 g/mol. The maximum Gasteiger partial charge on any atom is 0.309 e. The lowest BCUT2D eigenvalue weighted by Gasteiger charge is -2.32. The van der Waals surface area contributed by atoms with E-state index in [1.165, 1.54) is 19.3 Å². The van der Waals surface area contributed by atoms with Gasteiger partial charge in [0.05, 0.1) is 18.1 Å². The summed E-state index contributed by atoms with van der Waals surface area (Å²) in [5.74, 6) is -0.906. The Morgan fingerprint density at radius 3 is 2.65 bits per heavy atom. The van der Waals surface area contributed by atoms with Crippen molar-refractivity contribution in [3.63, 3.8) is 0 Å². The number of hydrogen-bond donors (Lipinski definition) is 1. The van der Waals surface area contributed by atoms with Crippen molar-refractivity contribution in [2.75, 3.05) is 19.6 Å². The van der Waals surface area contributed by atoms with Crippen LogP contribution in [0, 0.1) is 11.8 Å². The molecule has 1 N–H and O–H groups in total. The predicted molar refractivity (Wildman–Crippen MR) is 62.7 cm³/mol. The Labute approximate surface area is 101 Å². The second-order valence-electron chi connectivity index (χ2n) is 5.34. The molecule has 2 unspecified atom stereocenters.